The molecule has 0 N–H and O–H groups in total. The van der Waals surface area contributed by atoms with E-state index in [1.165, 1.54) is 11.0 Å². The molecule has 0 saturated carbocycles. The van der Waals surface area contributed by atoms with Crippen LogP contribution in [0, 0.1) is 0 Å². The highest BCUT2D eigenvalue weighted by molar-refractivity contribution is 6.42. The molecule has 0 bridgehead atoms. The summed E-state index contributed by atoms with van der Waals surface area (Å²) in [5.41, 5.74) is 1.73. The van der Waals surface area contributed by atoms with Gasteiger partial charge in [0.2, 0.25) is 0 Å². The molecule has 0 spiro atoms. The molecule has 0 aliphatic heterocycles. The van der Waals surface area contributed by atoms with Crippen molar-refractivity contribution in [2.75, 3.05) is 6.54 Å². The van der Waals surface area contributed by atoms with Crippen LogP contribution in [-0.4, -0.2) is 17.4 Å². The fourth-order valence-electron chi connectivity index (χ4n) is 3.60. The summed E-state index contributed by atoms with van der Waals surface area (Å²) in [7, 11) is 0. The van der Waals surface area contributed by atoms with E-state index in [9.17, 15) is 18.0 Å². The lowest BCUT2D eigenvalue weighted by molar-refractivity contribution is -0.137. The van der Waals surface area contributed by atoms with Crippen molar-refractivity contribution in [1.29, 1.82) is 0 Å². The van der Waals surface area contributed by atoms with Crippen molar-refractivity contribution in [3.05, 3.63) is 104 Å². The highest BCUT2D eigenvalue weighted by Crippen LogP contribution is 2.32. The van der Waals surface area contributed by atoms with E-state index in [1.54, 1.807) is 18.2 Å². The van der Waals surface area contributed by atoms with Gasteiger partial charge < -0.3 is 4.90 Å². The van der Waals surface area contributed by atoms with E-state index in [0.29, 0.717) is 16.5 Å². The minimum absolute atomic E-state index is 0.0311. The number of carbonyl (C=O) groups excluding carboxylic acids is 1. The lowest BCUT2D eigenvalue weighted by atomic mass is 9.87. The Morgan fingerprint density at radius 2 is 1.43 bits per heavy atom. The Hall–Kier alpha value is -2.21. The predicted molar refractivity (Wildman–Crippen MR) is 137 cm³/mol. The SMILES string of the molecule is CC(C)(C)c1ccc(CN(CCc2ccc(Cl)c(Cl)c2)C(=O)c2cc(Cl)cc(C(F)(F)F)c2)cc1. The molecule has 0 unspecified atom stereocenters. The first-order valence-corrected chi connectivity index (χ1v) is 12.1. The average molecular weight is 543 g/mol. The van der Waals surface area contributed by atoms with Crippen LogP contribution < -0.4 is 0 Å². The zero-order valence-corrected chi connectivity index (χ0v) is 21.8. The minimum Gasteiger partial charge on any atom is -0.334 e. The van der Waals surface area contributed by atoms with Gasteiger partial charge in [-0.2, -0.15) is 13.2 Å². The maximum absolute atomic E-state index is 13.4. The molecule has 0 atom stereocenters. The molecular formula is C27H25Cl3F3NO. The summed E-state index contributed by atoms with van der Waals surface area (Å²) < 4.78 is 40.0. The molecule has 186 valence electrons. The van der Waals surface area contributed by atoms with Crippen LogP contribution in [0.25, 0.3) is 0 Å². The van der Waals surface area contributed by atoms with Crippen LogP contribution in [0.15, 0.2) is 60.7 Å². The molecule has 0 aliphatic carbocycles. The second-order valence-corrected chi connectivity index (χ2v) is 10.6. The lowest BCUT2D eigenvalue weighted by Gasteiger charge is -2.25. The standard InChI is InChI=1S/C27H25Cl3F3NO/c1-26(2,3)20-7-4-18(5-8-20)16-34(11-10-17-6-9-23(29)24(30)12-17)25(35)19-13-21(27(31,32)33)15-22(28)14-19/h4-9,12-15H,10-11,16H2,1-3H3. The van der Waals surface area contributed by atoms with Crippen LogP contribution in [0.3, 0.4) is 0 Å². The van der Waals surface area contributed by atoms with E-state index in [2.05, 4.69) is 20.8 Å². The van der Waals surface area contributed by atoms with E-state index in [-0.39, 0.29) is 29.1 Å². The highest BCUT2D eigenvalue weighted by Gasteiger charge is 2.32. The number of alkyl halides is 3. The van der Waals surface area contributed by atoms with Crippen molar-refractivity contribution in [1.82, 2.24) is 4.90 Å². The van der Waals surface area contributed by atoms with Crippen molar-refractivity contribution in [3.63, 3.8) is 0 Å². The predicted octanol–water partition coefficient (Wildman–Crippen LogP) is 8.85. The van der Waals surface area contributed by atoms with Crippen molar-refractivity contribution in [2.45, 2.75) is 45.3 Å². The van der Waals surface area contributed by atoms with E-state index in [0.717, 1.165) is 28.8 Å². The third kappa shape index (κ3) is 7.39. The van der Waals surface area contributed by atoms with Crippen LogP contribution in [0.2, 0.25) is 15.1 Å². The monoisotopic (exact) mass is 541 g/mol. The van der Waals surface area contributed by atoms with Crippen molar-refractivity contribution >= 4 is 40.7 Å². The summed E-state index contributed by atoms with van der Waals surface area (Å²) >= 11 is 18.0. The molecule has 3 aromatic rings. The number of amides is 1. The van der Waals surface area contributed by atoms with Gasteiger partial charge in [0.25, 0.3) is 5.91 Å². The van der Waals surface area contributed by atoms with Gasteiger partial charge in [0.05, 0.1) is 15.6 Å². The first-order valence-electron chi connectivity index (χ1n) is 10.9. The Kier molecular flexibility index (Phi) is 8.46. The van der Waals surface area contributed by atoms with Crippen LogP contribution >= 0.6 is 34.8 Å². The number of carbonyl (C=O) groups is 1. The van der Waals surface area contributed by atoms with E-state index in [1.807, 2.05) is 24.3 Å². The topological polar surface area (TPSA) is 20.3 Å². The number of benzene rings is 3. The molecule has 1 amide bonds. The number of halogens is 6. The molecule has 35 heavy (non-hydrogen) atoms. The smallest absolute Gasteiger partial charge is 0.334 e. The average Bonchev–Trinajstić information content (AvgIpc) is 2.77. The van der Waals surface area contributed by atoms with E-state index < -0.39 is 17.6 Å². The number of hydrogen-bond acceptors (Lipinski definition) is 1. The third-order valence-corrected chi connectivity index (χ3v) is 6.56. The summed E-state index contributed by atoms with van der Waals surface area (Å²) in [5, 5.41) is 0.660. The summed E-state index contributed by atoms with van der Waals surface area (Å²) in [5.74, 6) is -0.544. The molecule has 0 fully saturated rings. The van der Waals surface area contributed by atoms with Gasteiger partial charge in [-0.05, 0) is 58.9 Å². The quantitative estimate of drug-likeness (QED) is 0.305. The van der Waals surface area contributed by atoms with E-state index >= 15 is 0 Å². The first kappa shape index (κ1) is 27.4. The Morgan fingerprint density at radius 1 is 0.800 bits per heavy atom. The molecule has 2 nitrogen and oxygen atoms in total. The van der Waals surface area contributed by atoms with Gasteiger partial charge in [0.15, 0.2) is 0 Å². The molecule has 0 aromatic heterocycles. The second kappa shape index (κ2) is 10.8. The van der Waals surface area contributed by atoms with Crippen LogP contribution in [0.1, 0.15) is 53.4 Å². The molecule has 0 radical (unpaired) electrons. The maximum Gasteiger partial charge on any atom is 0.416 e. The highest BCUT2D eigenvalue weighted by atomic mass is 35.5. The molecule has 8 heteroatoms. The molecule has 3 aromatic carbocycles. The van der Waals surface area contributed by atoms with Gasteiger partial charge in [-0.15, -0.1) is 0 Å². The normalized spacial score (nSPS) is 12.0. The molecule has 0 heterocycles. The van der Waals surface area contributed by atoms with E-state index in [4.69, 9.17) is 34.8 Å². The first-order chi connectivity index (χ1) is 16.2. The van der Waals surface area contributed by atoms with Gasteiger partial charge in [0, 0.05) is 23.7 Å². The fourth-order valence-corrected chi connectivity index (χ4v) is 4.16. The number of nitrogens with zero attached hydrogens (tertiary/aromatic N) is 1. The van der Waals surface area contributed by atoms with Crippen molar-refractivity contribution in [3.8, 4) is 0 Å². The lowest BCUT2D eigenvalue weighted by Crippen LogP contribution is -2.32. The van der Waals surface area contributed by atoms with Gasteiger partial charge in [-0.25, -0.2) is 0 Å². The minimum atomic E-state index is -4.62. The second-order valence-electron chi connectivity index (χ2n) is 9.40. The zero-order valence-electron chi connectivity index (χ0n) is 19.5. The Labute approximate surface area is 218 Å². The summed E-state index contributed by atoms with van der Waals surface area (Å²) in [6, 6.07) is 15.9. The zero-order chi connectivity index (χ0) is 26.0. The molecule has 3 rings (SSSR count). The Morgan fingerprint density at radius 3 is 2.00 bits per heavy atom. The summed E-state index contributed by atoms with van der Waals surface area (Å²) in [4.78, 5) is 14.9. The largest absolute Gasteiger partial charge is 0.416 e. The summed E-state index contributed by atoms with van der Waals surface area (Å²) in [6.45, 7) is 6.79. The summed E-state index contributed by atoms with van der Waals surface area (Å²) in [6.07, 6.45) is -4.18. The molecule has 0 saturated heterocycles. The van der Waals surface area contributed by atoms with Gasteiger partial charge in [0.1, 0.15) is 0 Å². The van der Waals surface area contributed by atoms with Crippen molar-refractivity contribution in [2.24, 2.45) is 0 Å². The number of hydrogen-bond donors (Lipinski definition) is 0. The van der Waals surface area contributed by atoms with Crippen molar-refractivity contribution < 1.29 is 18.0 Å². The van der Waals surface area contributed by atoms with Gasteiger partial charge >= 0.3 is 6.18 Å². The Balaban J connectivity index is 1.91. The fraction of sp³-hybridized carbons (Fsp3) is 0.296. The van der Waals surface area contributed by atoms with Crippen LogP contribution in [-0.2, 0) is 24.6 Å². The van der Waals surface area contributed by atoms with Gasteiger partial charge in [-0.1, -0.05) is 85.9 Å². The Bertz CT molecular complexity index is 1200. The van der Waals surface area contributed by atoms with Gasteiger partial charge in [-0.3, -0.25) is 4.79 Å². The molecule has 0 aliphatic rings. The number of rotatable bonds is 6. The molecular weight excluding hydrogens is 518 g/mol. The van der Waals surface area contributed by atoms with Crippen LogP contribution in [0.4, 0.5) is 13.2 Å². The maximum atomic E-state index is 13.4. The third-order valence-electron chi connectivity index (χ3n) is 5.61. The van der Waals surface area contributed by atoms with Crippen LogP contribution in [0.5, 0.6) is 0 Å².